The molecule has 0 saturated carbocycles. The van der Waals surface area contributed by atoms with E-state index in [-0.39, 0.29) is 30.0 Å². The van der Waals surface area contributed by atoms with Crippen molar-refractivity contribution in [3.8, 4) is 5.75 Å². The average molecular weight is 447 g/mol. The third kappa shape index (κ3) is 4.49. The van der Waals surface area contributed by atoms with Gasteiger partial charge in [-0.3, -0.25) is 9.59 Å². The number of fused-ring (bicyclic) bond motifs is 3. The van der Waals surface area contributed by atoms with Crippen LogP contribution in [0.4, 0.5) is 5.69 Å². The van der Waals surface area contributed by atoms with Crippen molar-refractivity contribution in [3.05, 3.63) is 70.1 Å². The number of para-hydroxylation sites is 1. The molecule has 33 heavy (non-hydrogen) atoms. The first-order valence-electron chi connectivity index (χ1n) is 11.4. The Kier molecular flexibility index (Phi) is 5.86. The number of aryl methyl sites for hydroxylation is 1. The number of rotatable bonds is 5. The van der Waals surface area contributed by atoms with Crippen molar-refractivity contribution in [3.63, 3.8) is 0 Å². The van der Waals surface area contributed by atoms with E-state index in [0.29, 0.717) is 37.3 Å². The Hall–Kier alpha value is -3.61. The Morgan fingerprint density at radius 3 is 2.58 bits per heavy atom. The molecule has 1 aliphatic heterocycles. The second-order valence-electron chi connectivity index (χ2n) is 8.66. The molecule has 1 saturated heterocycles. The summed E-state index contributed by atoms with van der Waals surface area (Å²) < 4.78 is 11.2. The van der Waals surface area contributed by atoms with Crippen molar-refractivity contribution in [1.82, 2.24) is 4.90 Å². The SMILES string of the molecule is O=C(Nc1ccccc1)C1CCN(C(=O)COc2ccc3c4c(c(=O)oc3c2)CCC4)CC1. The van der Waals surface area contributed by atoms with E-state index in [2.05, 4.69) is 5.32 Å². The van der Waals surface area contributed by atoms with Gasteiger partial charge in [0.1, 0.15) is 11.3 Å². The van der Waals surface area contributed by atoms with Crippen LogP contribution in [0.15, 0.2) is 57.7 Å². The van der Waals surface area contributed by atoms with E-state index in [0.717, 1.165) is 41.5 Å². The molecular formula is C26H26N2O5. The van der Waals surface area contributed by atoms with Gasteiger partial charge < -0.3 is 19.4 Å². The fraction of sp³-hybridized carbons (Fsp3) is 0.346. The summed E-state index contributed by atoms with van der Waals surface area (Å²) in [5, 5.41) is 3.88. The van der Waals surface area contributed by atoms with Crippen molar-refractivity contribution in [1.29, 1.82) is 0 Å². The highest BCUT2D eigenvalue weighted by atomic mass is 16.5. The Labute approximate surface area is 191 Å². The topological polar surface area (TPSA) is 88.9 Å². The number of hydrogen-bond donors (Lipinski definition) is 1. The summed E-state index contributed by atoms with van der Waals surface area (Å²) in [7, 11) is 0. The minimum absolute atomic E-state index is 0.00584. The summed E-state index contributed by atoms with van der Waals surface area (Å²) in [6, 6.07) is 14.8. The van der Waals surface area contributed by atoms with Crippen molar-refractivity contribution in [2.24, 2.45) is 5.92 Å². The second-order valence-corrected chi connectivity index (χ2v) is 8.66. The lowest BCUT2D eigenvalue weighted by Crippen LogP contribution is -2.43. The summed E-state index contributed by atoms with van der Waals surface area (Å²) in [4.78, 5) is 39.0. The predicted octanol–water partition coefficient (Wildman–Crippen LogP) is 3.54. The van der Waals surface area contributed by atoms with Crippen LogP contribution in [0, 0.1) is 5.92 Å². The number of carbonyl (C=O) groups is 2. The van der Waals surface area contributed by atoms with Crippen LogP contribution < -0.4 is 15.7 Å². The number of hydrogen-bond acceptors (Lipinski definition) is 5. The molecule has 7 heteroatoms. The molecule has 1 fully saturated rings. The summed E-state index contributed by atoms with van der Waals surface area (Å²) in [5.41, 5.74) is 2.86. The molecule has 0 bridgehead atoms. The van der Waals surface area contributed by atoms with Crippen LogP contribution in [-0.4, -0.2) is 36.4 Å². The van der Waals surface area contributed by atoms with Gasteiger partial charge in [-0.25, -0.2) is 4.79 Å². The molecule has 1 N–H and O–H groups in total. The number of piperidine rings is 1. The average Bonchev–Trinajstić information content (AvgIpc) is 3.34. The van der Waals surface area contributed by atoms with Crippen LogP contribution in [0.5, 0.6) is 5.75 Å². The Balaban J connectivity index is 1.15. The van der Waals surface area contributed by atoms with Gasteiger partial charge in [-0.2, -0.15) is 0 Å². The first-order chi connectivity index (χ1) is 16.1. The van der Waals surface area contributed by atoms with Gasteiger partial charge in [0, 0.05) is 41.7 Å². The summed E-state index contributed by atoms with van der Waals surface area (Å²) in [5.74, 6) is 0.260. The minimum atomic E-state index is -0.276. The van der Waals surface area contributed by atoms with Gasteiger partial charge in [-0.15, -0.1) is 0 Å². The van der Waals surface area contributed by atoms with E-state index in [4.69, 9.17) is 9.15 Å². The molecule has 170 valence electrons. The zero-order valence-electron chi connectivity index (χ0n) is 18.3. The molecule has 2 aliphatic rings. The highest BCUT2D eigenvalue weighted by Crippen LogP contribution is 2.29. The first kappa shape index (κ1) is 21.2. The lowest BCUT2D eigenvalue weighted by Gasteiger charge is -2.31. The van der Waals surface area contributed by atoms with Gasteiger partial charge in [0.15, 0.2) is 6.61 Å². The highest BCUT2D eigenvalue weighted by Gasteiger charge is 2.27. The largest absolute Gasteiger partial charge is 0.484 e. The monoisotopic (exact) mass is 446 g/mol. The van der Waals surface area contributed by atoms with Crippen molar-refractivity contribution < 1.29 is 18.7 Å². The summed E-state index contributed by atoms with van der Waals surface area (Å²) in [6.45, 7) is 0.948. The maximum Gasteiger partial charge on any atom is 0.339 e. The molecule has 2 heterocycles. The highest BCUT2D eigenvalue weighted by molar-refractivity contribution is 5.92. The van der Waals surface area contributed by atoms with E-state index in [1.807, 2.05) is 42.5 Å². The number of nitrogens with one attached hydrogen (secondary N) is 1. The summed E-state index contributed by atoms with van der Waals surface area (Å²) in [6.07, 6.45) is 3.87. The van der Waals surface area contributed by atoms with Gasteiger partial charge in [0.2, 0.25) is 5.91 Å². The van der Waals surface area contributed by atoms with Gasteiger partial charge in [-0.1, -0.05) is 18.2 Å². The van der Waals surface area contributed by atoms with Gasteiger partial charge in [0.05, 0.1) is 0 Å². The fourth-order valence-corrected chi connectivity index (χ4v) is 4.75. The summed E-state index contributed by atoms with van der Waals surface area (Å²) >= 11 is 0. The molecule has 0 unspecified atom stereocenters. The van der Waals surface area contributed by atoms with E-state index in [1.54, 1.807) is 11.0 Å². The Bertz CT molecular complexity index is 1240. The normalized spacial score (nSPS) is 15.9. The molecule has 5 rings (SSSR count). The smallest absolute Gasteiger partial charge is 0.339 e. The molecule has 0 radical (unpaired) electrons. The van der Waals surface area contributed by atoms with Crippen LogP contribution in [0.25, 0.3) is 11.0 Å². The zero-order valence-corrected chi connectivity index (χ0v) is 18.3. The van der Waals surface area contributed by atoms with Crippen LogP contribution in [0.2, 0.25) is 0 Å². The number of benzene rings is 2. The molecule has 7 nitrogen and oxygen atoms in total. The third-order valence-electron chi connectivity index (χ3n) is 6.57. The Morgan fingerprint density at radius 1 is 1.03 bits per heavy atom. The predicted molar refractivity (Wildman–Crippen MR) is 124 cm³/mol. The number of amides is 2. The fourth-order valence-electron chi connectivity index (χ4n) is 4.75. The standard InChI is InChI=1S/C26H26N2O5/c29-24(28-13-11-17(12-14-28)25(30)27-18-5-2-1-3-6-18)16-32-19-9-10-21-20-7-4-8-22(20)26(31)33-23(21)15-19/h1-3,5-6,9-10,15,17H,4,7-8,11-14,16H2,(H,27,30). The quantitative estimate of drug-likeness (QED) is 0.606. The maximum atomic E-state index is 12.6. The second kappa shape index (κ2) is 9.10. The first-order valence-corrected chi connectivity index (χ1v) is 11.4. The molecular weight excluding hydrogens is 420 g/mol. The lowest BCUT2D eigenvalue weighted by molar-refractivity contribution is -0.136. The molecule has 1 aliphatic carbocycles. The van der Waals surface area contributed by atoms with E-state index in [1.165, 1.54) is 0 Å². The molecule has 2 amide bonds. The number of ether oxygens (including phenoxy) is 1. The number of nitrogens with zero attached hydrogens (tertiary/aromatic N) is 1. The van der Waals surface area contributed by atoms with Crippen molar-refractivity contribution in [2.45, 2.75) is 32.1 Å². The van der Waals surface area contributed by atoms with Crippen molar-refractivity contribution in [2.75, 3.05) is 25.0 Å². The van der Waals surface area contributed by atoms with E-state index in [9.17, 15) is 14.4 Å². The zero-order chi connectivity index (χ0) is 22.8. The van der Waals surface area contributed by atoms with Crippen LogP contribution in [0.3, 0.4) is 0 Å². The molecule has 1 aromatic heterocycles. The lowest BCUT2D eigenvalue weighted by atomic mass is 9.95. The van der Waals surface area contributed by atoms with Gasteiger partial charge in [-0.05, 0) is 61.9 Å². The molecule has 0 atom stereocenters. The van der Waals surface area contributed by atoms with Crippen molar-refractivity contribution >= 4 is 28.5 Å². The van der Waals surface area contributed by atoms with E-state index >= 15 is 0 Å². The Morgan fingerprint density at radius 2 is 1.79 bits per heavy atom. The van der Waals surface area contributed by atoms with Crippen LogP contribution in [0.1, 0.15) is 30.4 Å². The number of carbonyl (C=O) groups excluding carboxylic acids is 2. The third-order valence-corrected chi connectivity index (χ3v) is 6.57. The number of likely N-dealkylation sites (tertiary alicyclic amines) is 1. The number of anilines is 1. The van der Waals surface area contributed by atoms with Gasteiger partial charge >= 0.3 is 5.63 Å². The minimum Gasteiger partial charge on any atom is -0.484 e. The van der Waals surface area contributed by atoms with Crippen LogP contribution in [-0.2, 0) is 22.4 Å². The molecule has 2 aromatic carbocycles. The van der Waals surface area contributed by atoms with E-state index < -0.39 is 0 Å². The van der Waals surface area contributed by atoms with Crippen LogP contribution >= 0.6 is 0 Å². The molecule has 0 spiro atoms. The van der Waals surface area contributed by atoms with Gasteiger partial charge in [0.25, 0.3) is 5.91 Å². The maximum absolute atomic E-state index is 12.6. The molecule has 3 aromatic rings.